The minimum absolute atomic E-state index is 0.189. The van der Waals surface area contributed by atoms with Crippen molar-refractivity contribution in [3.8, 4) is 0 Å². The number of nitrogens with zero attached hydrogens (tertiary/aromatic N) is 2. The number of carbonyl (C=O) groups excluding carboxylic acids is 3. The Balaban J connectivity index is 1.51. The van der Waals surface area contributed by atoms with Crippen molar-refractivity contribution in [2.24, 2.45) is 5.92 Å². The summed E-state index contributed by atoms with van der Waals surface area (Å²) in [5.74, 6) is -0.672. The van der Waals surface area contributed by atoms with Crippen LogP contribution in [0.25, 0.3) is 0 Å². The molecule has 0 bridgehead atoms. The van der Waals surface area contributed by atoms with E-state index in [0.717, 1.165) is 12.8 Å². The van der Waals surface area contributed by atoms with E-state index in [0.29, 0.717) is 37.3 Å². The summed E-state index contributed by atoms with van der Waals surface area (Å²) in [6, 6.07) is 5.43. The number of amides is 4. The molecular formula is C21H24FN3O3. The lowest BCUT2D eigenvalue weighted by Crippen LogP contribution is -2.41. The number of allylic oxidation sites excluding steroid dienone is 1. The molecule has 28 heavy (non-hydrogen) atoms. The van der Waals surface area contributed by atoms with Gasteiger partial charge in [-0.3, -0.25) is 14.5 Å². The fourth-order valence-corrected chi connectivity index (χ4v) is 3.43. The molecule has 0 unspecified atom stereocenters. The van der Waals surface area contributed by atoms with E-state index in [4.69, 9.17) is 0 Å². The van der Waals surface area contributed by atoms with Crippen LogP contribution in [0.5, 0.6) is 0 Å². The fourth-order valence-electron chi connectivity index (χ4n) is 3.43. The van der Waals surface area contributed by atoms with Crippen LogP contribution in [0, 0.1) is 11.7 Å². The van der Waals surface area contributed by atoms with Crippen molar-refractivity contribution in [1.29, 1.82) is 0 Å². The number of carbonyl (C=O) groups is 3. The molecule has 6 nitrogen and oxygen atoms in total. The van der Waals surface area contributed by atoms with E-state index >= 15 is 0 Å². The number of hydrogen-bond acceptors (Lipinski definition) is 3. The molecule has 0 aliphatic carbocycles. The van der Waals surface area contributed by atoms with Crippen LogP contribution in [0.15, 0.2) is 48.1 Å². The summed E-state index contributed by atoms with van der Waals surface area (Å²) >= 11 is 0. The first-order valence-electron chi connectivity index (χ1n) is 9.46. The number of hydrogen-bond donors (Lipinski definition) is 1. The second-order valence-electron chi connectivity index (χ2n) is 7.10. The Morgan fingerprint density at radius 3 is 2.46 bits per heavy atom. The van der Waals surface area contributed by atoms with Gasteiger partial charge in [0.2, 0.25) is 0 Å². The molecule has 1 aromatic rings. The normalized spacial score (nSPS) is 18.4. The van der Waals surface area contributed by atoms with Crippen LogP contribution < -0.4 is 5.32 Å². The molecule has 0 saturated carbocycles. The van der Waals surface area contributed by atoms with Crippen molar-refractivity contribution < 1.29 is 18.8 Å². The van der Waals surface area contributed by atoms with E-state index in [9.17, 15) is 18.8 Å². The summed E-state index contributed by atoms with van der Waals surface area (Å²) in [5, 5.41) is 2.76. The van der Waals surface area contributed by atoms with Gasteiger partial charge in [0.05, 0.1) is 0 Å². The molecule has 2 aliphatic rings. The molecule has 1 N–H and O–H groups in total. The summed E-state index contributed by atoms with van der Waals surface area (Å²) in [7, 11) is 0. The van der Waals surface area contributed by atoms with Crippen molar-refractivity contribution in [2.45, 2.75) is 26.2 Å². The van der Waals surface area contributed by atoms with E-state index in [-0.39, 0.29) is 29.6 Å². The Hall–Kier alpha value is -2.96. The quantitative estimate of drug-likeness (QED) is 0.812. The molecule has 2 aliphatic heterocycles. The number of likely N-dealkylation sites (tertiary alicyclic amines) is 1. The Kier molecular flexibility index (Phi) is 6.23. The van der Waals surface area contributed by atoms with Crippen molar-refractivity contribution >= 4 is 23.5 Å². The molecule has 1 aromatic carbocycles. The molecule has 3 rings (SSSR count). The van der Waals surface area contributed by atoms with E-state index in [1.54, 1.807) is 17.9 Å². The van der Waals surface area contributed by atoms with E-state index < -0.39 is 0 Å². The fraction of sp³-hybridized carbons (Fsp3) is 0.381. The number of halogens is 1. The largest absolute Gasteiger partial charge is 0.324 e. The summed E-state index contributed by atoms with van der Waals surface area (Å²) in [5.41, 5.74) is 1.12. The summed E-state index contributed by atoms with van der Waals surface area (Å²) in [4.78, 5) is 39.6. The molecule has 0 radical (unpaired) electrons. The third-order valence-electron chi connectivity index (χ3n) is 5.04. The molecule has 1 saturated heterocycles. The number of imide groups is 1. The predicted molar refractivity (Wildman–Crippen MR) is 104 cm³/mol. The Bertz CT molecular complexity index is 809. The van der Waals surface area contributed by atoms with Crippen molar-refractivity contribution in [3.05, 3.63) is 53.9 Å². The van der Waals surface area contributed by atoms with Gasteiger partial charge in [0.1, 0.15) is 5.82 Å². The highest BCUT2D eigenvalue weighted by Crippen LogP contribution is 2.22. The van der Waals surface area contributed by atoms with Crippen molar-refractivity contribution in [3.63, 3.8) is 0 Å². The number of urea groups is 1. The molecule has 2 heterocycles. The Morgan fingerprint density at radius 1 is 1.14 bits per heavy atom. The Labute approximate surface area is 163 Å². The van der Waals surface area contributed by atoms with Crippen molar-refractivity contribution in [1.82, 2.24) is 9.80 Å². The second-order valence-corrected chi connectivity index (χ2v) is 7.10. The SMILES string of the molecule is CC(=CC1CCN(C(=O)Nc2ccc(F)cc2)CC1)C(=O)N1CCC=CC1=O. The summed E-state index contributed by atoms with van der Waals surface area (Å²) < 4.78 is 12.9. The predicted octanol–water partition coefficient (Wildman–Crippen LogP) is 3.33. The lowest BCUT2D eigenvalue weighted by molar-refractivity contribution is -0.139. The van der Waals surface area contributed by atoms with Gasteiger partial charge in [-0.2, -0.15) is 0 Å². The summed E-state index contributed by atoms with van der Waals surface area (Å²) in [6.07, 6.45) is 7.31. The first-order chi connectivity index (χ1) is 13.4. The van der Waals surface area contributed by atoms with E-state index in [1.807, 2.05) is 6.08 Å². The Morgan fingerprint density at radius 2 is 1.82 bits per heavy atom. The van der Waals surface area contributed by atoms with Gasteiger partial charge in [0.25, 0.3) is 11.8 Å². The van der Waals surface area contributed by atoms with Gasteiger partial charge < -0.3 is 10.2 Å². The van der Waals surface area contributed by atoms with E-state index in [1.165, 1.54) is 35.2 Å². The van der Waals surface area contributed by atoms with Gasteiger partial charge in [-0.25, -0.2) is 9.18 Å². The van der Waals surface area contributed by atoms with Crippen LogP contribution in [-0.2, 0) is 9.59 Å². The van der Waals surface area contributed by atoms with E-state index in [2.05, 4.69) is 5.32 Å². The highest BCUT2D eigenvalue weighted by Gasteiger charge is 2.25. The molecular weight excluding hydrogens is 361 g/mol. The highest BCUT2D eigenvalue weighted by molar-refractivity contribution is 6.07. The maximum Gasteiger partial charge on any atom is 0.321 e. The van der Waals surface area contributed by atoms with Crippen LogP contribution in [0.3, 0.4) is 0 Å². The molecule has 0 aromatic heterocycles. The molecule has 0 spiro atoms. The van der Waals surface area contributed by atoms with Gasteiger partial charge >= 0.3 is 6.03 Å². The number of nitrogens with one attached hydrogen (secondary N) is 1. The zero-order valence-electron chi connectivity index (χ0n) is 15.9. The first kappa shape index (κ1) is 19.8. The third kappa shape index (κ3) is 4.85. The van der Waals surface area contributed by atoms with Gasteiger partial charge in [0, 0.05) is 30.9 Å². The van der Waals surface area contributed by atoms with Crippen LogP contribution in [0.2, 0.25) is 0 Å². The standard InChI is InChI=1S/C21H24FN3O3/c1-15(20(27)25-11-3-2-4-19(25)26)14-16-9-12-24(13-10-16)21(28)23-18-7-5-17(22)6-8-18/h2,4-8,14,16H,3,9-13H2,1H3,(H,23,28). The third-order valence-corrected chi connectivity index (χ3v) is 5.04. The second kappa shape index (κ2) is 8.82. The van der Waals surface area contributed by atoms with Gasteiger partial charge in [0.15, 0.2) is 0 Å². The monoisotopic (exact) mass is 385 g/mol. The summed E-state index contributed by atoms with van der Waals surface area (Å²) in [6.45, 7) is 3.30. The van der Waals surface area contributed by atoms with Crippen LogP contribution in [-0.4, -0.2) is 47.3 Å². The van der Waals surface area contributed by atoms with Gasteiger partial charge in [-0.05, 0) is 62.4 Å². The average Bonchev–Trinajstić information content (AvgIpc) is 2.70. The molecule has 0 atom stereocenters. The number of piperidine rings is 1. The zero-order valence-corrected chi connectivity index (χ0v) is 15.9. The average molecular weight is 385 g/mol. The molecule has 4 amide bonds. The zero-order chi connectivity index (χ0) is 20.1. The first-order valence-corrected chi connectivity index (χ1v) is 9.46. The molecule has 1 fully saturated rings. The maximum atomic E-state index is 12.9. The minimum Gasteiger partial charge on any atom is -0.324 e. The van der Waals surface area contributed by atoms with Crippen molar-refractivity contribution in [2.75, 3.05) is 25.0 Å². The lowest BCUT2D eigenvalue weighted by Gasteiger charge is -2.31. The number of rotatable bonds is 3. The molecule has 148 valence electrons. The van der Waals surface area contributed by atoms with Gasteiger partial charge in [-0.1, -0.05) is 12.2 Å². The van der Waals surface area contributed by atoms with Gasteiger partial charge in [-0.15, -0.1) is 0 Å². The van der Waals surface area contributed by atoms with Crippen LogP contribution >= 0.6 is 0 Å². The molecule has 7 heteroatoms. The maximum absolute atomic E-state index is 12.9. The highest BCUT2D eigenvalue weighted by atomic mass is 19.1. The topological polar surface area (TPSA) is 69.7 Å². The van der Waals surface area contributed by atoms with Crippen LogP contribution in [0.4, 0.5) is 14.9 Å². The number of anilines is 1. The minimum atomic E-state index is -0.349. The smallest absolute Gasteiger partial charge is 0.321 e. The number of benzene rings is 1. The van der Waals surface area contributed by atoms with Crippen LogP contribution in [0.1, 0.15) is 26.2 Å². The lowest BCUT2D eigenvalue weighted by atomic mass is 9.94.